The number of hydrogen-bond acceptors (Lipinski definition) is 9. The Hall–Kier alpha value is -2.62. The van der Waals surface area contributed by atoms with Gasteiger partial charge in [-0.25, -0.2) is 9.78 Å². The van der Waals surface area contributed by atoms with Crippen LogP contribution in [-0.4, -0.2) is 81.5 Å². The Bertz CT molecular complexity index is 890. The quantitative estimate of drug-likeness (QED) is 0.457. The van der Waals surface area contributed by atoms with Gasteiger partial charge in [0.15, 0.2) is 0 Å². The van der Waals surface area contributed by atoms with E-state index in [1.807, 2.05) is 12.1 Å². The fraction of sp³-hybridized carbons (Fsp3) is 0.476. The van der Waals surface area contributed by atoms with Crippen molar-refractivity contribution in [1.82, 2.24) is 14.9 Å². The summed E-state index contributed by atoms with van der Waals surface area (Å²) < 4.78 is 15.4. The molecule has 1 saturated heterocycles. The standard InChI is InChI=1S/C21H28ClN5O4/c1-26-6-8-27(9-7-26)21-24-14-16(20(28)31-11-10-29-2)19(25-21)23-13-15-4-5-18(30-3)17(22)12-15/h4-5,12,14H,6-11,13H2,1-3H3,(H,23,24,25). The maximum atomic E-state index is 12.6. The number of benzene rings is 1. The van der Waals surface area contributed by atoms with Crippen molar-refractivity contribution in [2.45, 2.75) is 6.54 Å². The number of nitrogens with one attached hydrogen (secondary N) is 1. The third-order valence-corrected chi connectivity index (χ3v) is 5.27. The summed E-state index contributed by atoms with van der Waals surface area (Å²) in [5, 5.41) is 3.75. The predicted molar refractivity (Wildman–Crippen MR) is 119 cm³/mol. The second-order valence-corrected chi connectivity index (χ2v) is 7.58. The molecule has 0 unspecified atom stereocenters. The van der Waals surface area contributed by atoms with Gasteiger partial charge in [0.25, 0.3) is 0 Å². The molecular weight excluding hydrogens is 422 g/mol. The number of methoxy groups -OCH3 is 2. The zero-order chi connectivity index (χ0) is 22.2. The van der Waals surface area contributed by atoms with Crippen molar-refractivity contribution >= 4 is 29.3 Å². The Labute approximate surface area is 187 Å². The first kappa shape index (κ1) is 23.1. The Morgan fingerprint density at radius 1 is 1.19 bits per heavy atom. The van der Waals surface area contributed by atoms with Crippen LogP contribution in [0.4, 0.5) is 11.8 Å². The summed E-state index contributed by atoms with van der Waals surface area (Å²) in [6.07, 6.45) is 1.51. The molecule has 3 rings (SSSR count). The fourth-order valence-electron chi connectivity index (χ4n) is 3.12. The number of piperazine rings is 1. The summed E-state index contributed by atoms with van der Waals surface area (Å²) in [5.74, 6) is 1.10. The number of likely N-dealkylation sites (N-methyl/N-ethyl adjacent to an activating group) is 1. The second kappa shape index (κ2) is 11.1. The number of carbonyl (C=O) groups excluding carboxylic acids is 1. The van der Waals surface area contributed by atoms with Gasteiger partial charge in [-0.15, -0.1) is 0 Å². The highest BCUT2D eigenvalue weighted by molar-refractivity contribution is 6.32. The van der Waals surface area contributed by atoms with Gasteiger partial charge in [0.1, 0.15) is 23.7 Å². The number of hydrogen-bond donors (Lipinski definition) is 1. The van der Waals surface area contributed by atoms with E-state index in [1.165, 1.54) is 6.20 Å². The van der Waals surface area contributed by atoms with Crippen molar-refractivity contribution in [3.8, 4) is 5.75 Å². The molecule has 1 aliphatic heterocycles. The average molecular weight is 450 g/mol. The molecule has 1 aromatic carbocycles. The van der Waals surface area contributed by atoms with E-state index >= 15 is 0 Å². The molecule has 0 bridgehead atoms. The molecular formula is C21H28ClN5O4. The van der Waals surface area contributed by atoms with Crippen LogP contribution in [0.1, 0.15) is 15.9 Å². The van der Waals surface area contributed by atoms with Crippen LogP contribution in [0, 0.1) is 0 Å². The number of carbonyl (C=O) groups is 1. The van der Waals surface area contributed by atoms with Gasteiger partial charge in [0, 0.05) is 46.0 Å². The van der Waals surface area contributed by atoms with E-state index in [0.717, 1.165) is 31.7 Å². The lowest BCUT2D eigenvalue weighted by Crippen LogP contribution is -2.45. The molecule has 0 amide bonds. The van der Waals surface area contributed by atoms with Crippen LogP contribution in [0.5, 0.6) is 5.75 Å². The molecule has 0 radical (unpaired) electrons. The molecule has 31 heavy (non-hydrogen) atoms. The normalized spacial score (nSPS) is 14.4. The van der Waals surface area contributed by atoms with Crippen molar-refractivity contribution in [2.24, 2.45) is 0 Å². The highest BCUT2D eigenvalue weighted by atomic mass is 35.5. The molecule has 1 N–H and O–H groups in total. The molecule has 9 nitrogen and oxygen atoms in total. The minimum absolute atomic E-state index is 0.156. The number of aromatic nitrogens is 2. The lowest BCUT2D eigenvalue weighted by Gasteiger charge is -2.32. The van der Waals surface area contributed by atoms with Crippen LogP contribution in [0.3, 0.4) is 0 Å². The van der Waals surface area contributed by atoms with E-state index in [-0.39, 0.29) is 12.2 Å². The van der Waals surface area contributed by atoms with E-state index in [9.17, 15) is 4.79 Å². The van der Waals surface area contributed by atoms with Gasteiger partial charge in [-0.05, 0) is 24.7 Å². The number of esters is 1. The molecule has 10 heteroatoms. The minimum Gasteiger partial charge on any atom is -0.495 e. The molecule has 0 saturated carbocycles. The zero-order valence-electron chi connectivity index (χ0n) is 18.1. The number of anilines is 2. The molecule has 0 aliphatic carbocycles. The third kappa shape index (κ3) is 6.19. The Kier molecular flexibility index (Phi) is 8.27. The first-order chi connectivity index (χ1) is 15.0. The zero-order valence-corrected chi connectivity index (χ0v) is 18.8. The SMILES string of the molecule is COCCOC(=O)c1cnc(N2CCN(C)CC2)nc1NCc1ccc(OC)c(Cl)c1. The van der Waals surface area contributed by atoms with E-state index in [2.05, 4.69) is 32.1 Å². The van der Waals surface area contributed by atoms with Gasteiger partial charge in [-0.3, -0.25) is 0 Å². The molecule has 2 aromatic rings. The van der Waals surface area contributed by atoms with Gasteiger partial charge in [0.05, 0.1) is 18.7 Å². The summed E-state index contributed by atoms with van der Waals surface area (Å²) in [5.41, 5.74) is 1.19. The minimum atomic E-state index is -0.503. The van der Waals surface area contributed by atoms with E-state index in [4.69, 9.17) is 25.8 Å². The number of halogens is 1. The van der Waals surface area contributed by atoms with Gasteiger partial charge < -0.3 is 29.3 Å². The molecule has 1 aromatic heterocycles. The lowest BCUT2D eigenvalue weighted by atomic mass is 10.2. The largest absolute Gasteiger partial charge is 0.495 e. The number of rotatable bonds is 9. The smallest absolute Gasteiger partial charge is 0.343 e. The van der Waals surface area contributed by atoms with Crippen LogP contribution in [0.2, 0.25) is 5.02 Å². The molecule has 168 valence electrons. The summed E-state index contributed by atoms with van der Waals surface area (Å²) in [6, 6.07) is 5.51. The monoisotopic (exact) mass is 449 g/mol. The summed E-state index contributed by atoms with van der Waals surface area (Å²) >= 11 is 6.23. The third-order valence-electron chi connectivity index (χ3n) is 4.98. The second-order valence-electron chi connectivity index (χ2n) is 7.17. The van der Waals surface area contributed by atoms with E-state index in [0.29, 0.717) is 35.7 Å². The van der Waals surface area contributed by atoms with Gasteiger partial charge >= 0.3 is 5.97 Å². The van der Waals surface area contributed by atoms with Crippen LogP contribution in [0.25, 0.3) is 0 Å². The van der Waals surface area contributed by atoms with Crippen LogP contribution < -0.4 is 15.0 Å². The van der Waals surface area contributed by atoms with Crippen molar-refractivity contribution in [2.75, 3.05) is 70.9 Å². The summed E-state index contributed by atoms with van der Waals surface area (Å²) in [6.45, 7) is 4.39. The Balaban J connectivity index is 1.80. The van der Waals surface area contributed by atoms with E-state index < -0.39 is 5.97 Å². The van der Waals surface area contributed by atoms with E-state index in [1.54, 1.807) is 20.3 Å². The van der Waals surface area contributed by atoms with Gasteiger partial charge in [-0.2, -0.15) is 4.98 Å². The first-order valence-corrected chi connectivity index (χ1v) is 10.4. The van der Waals surface area contributed by atoms with Gasteiger partial charge in [0.2, 0.25) is 5.95 Å². The molecule has 2 heterocycles. The maximum Gasteiger partial charge on any atom is 0.343 e. The topological polar surface area (TPSA) is 89.1 Å². The van der Waals surface area contributed by atoms with Crippen molar-refractivity contribution in [3.63, 3.8) is 0 Å². The van der Waals surface area contributed by atoms with Crippen LogP contribution >= 0.6 is 11.6 Å². The molecule has 0 atom stereocenters. The summed E-state index contributed by atoms with van der Waals surface area (Å²) in [7, 11) is 5.21. The molecule has 1 fully saturated rings. The highest BCUT2D eigenvalue weighted by Crippen LogP contribution is 2.26. The molecule has 0 spiro atoms. The van der Waals surface area contributed by atoms with Crippen LogP contribution in [0.15, 0.2) is 24.4 Å². The molecule has 1 aliphatic rings. The Morgan fingerprint density at radius 3 is 2.65 bits per heavy atom. The van der Waals surface area contributed by atoms with Gasteiger partial charge in [-0.1, -0.05) is 17.7 Å². The number of nitrogens with zero attached hydrogens (tertiary/aromatic N) is 4. The van der Waals surface area contributed by atoms with Crippen molar-refractivity contribution in [1.29, 1.82) is 0 Å². The summed E-state index contributed by atoms with van der Waals surface area (Å²) in [4.78, 5) is 26.0. The maximum absolute atomic E-state index is 12.6. The van der Waals surface area contributed by atoms with Crippen molar-refractivity contribution < 1.29 is 19.0 Å². The first-order valence-electron chi connectivity index (χ1n) is 10.0. The average Bonchev–Trinajstić information content (AvgIpc) is 2.78. The number of ether oxygens (including phenoxy) is 3. The fourth-order valence-corrected chi connectivity index (χ4v) is 3.40. The highest BCUT2D eigenvalue weighted by Gasteiger charge is 2.21. The lowest BCUT2D eigenvalue weighted by molar-refractivity contribution is 0.0388. The van der Waals surface area contributed by atoms with Crippen molar-refractivity contribution in [3.05, 3.63) is 40.5 Å². The Morgan fingerprint density at radius 2 is 1.97 bits per heavy atom. The van der Waals surface area contributed by atoms with Crippen LogP contribution in [-0.2, 0) is 16.0 Å². The predicted octanol–water partition coefficient (Wildman–Crippen LogP) is 2.31.